The Morgan fingerprint density at radius 2 is 2.18 bits per heavy atom. The first kappa shape index (κ1) is 12.3. The fraction of sp³-hybridized carbons (Fsp3) is 0.385. The van der Waals surface area contributed by atoms with Gasteiger partial charge in [-0.15, -0.1) is 0 Å². The van der Waals surface area contributed by atoms with Gasteiger partial charge in [-0.2, -0.15) is 0 Å². The zero-order chi connectivity index (χ0) is 12.3. The average molecular weight is 253 g/mol. The summed E-state index contributed by atoms with van der Waals surface area (Å²) in [5.41, 5.74) is 0.762. The molecule has 1 aliphatic heterocycles. The zero-order valence-corrected chi connectivity index (χ0v) is 10.1. The number of hydrogen-bond acceptors (Lipinski definition) is 3. The van der Waals surface area contributed by atoms with E-state index >= 15 is 0 Å². The van der Waals surface area contributed by atoms with E-state index in [1.54, 1.807) is 12.1 Å². The third kappa shape index (κ3) is 2.93. The molecule has 0 bridgehead atoms. The lowest BCUT2D eigenvalue weighted by atomic mass is 9.92. The first-order valence-electron chi connectivity index (χ1n) is 5.55. The molecule has 0 aromatic heterocycles. The monoisotopic (exact) mass is 252 g/mol. The number of carbonyl (C=O) groups is 2. The molecule has 1 fully saturated rings. The predicted molar refractivity (Wildman–Crippen MR) is 64.1 cm³/mol. The van der Waals surface area contributed by atoms with Gasteiger partial charge in [-0.05, 0) is 11.6 Å². The minimum absolute atomic E-state index is 0.0201. The van der Waals surface area contributed by atoms with Crippen LogP contribution in [0.1, 0.15) is 12.0 Å². The summed E-state index contributed by atoms with van der Waals surface area (Å²) < 4.78 is 5.17. The average Bonchev–Trinajstić information content (AvgIpc) is 2.32. The van der Waals surface area contributed by atoms with Crippen LogP contribution in [0.4, 0.5) is 0 Å². The molecule has 1 atom stereocenters. The van der Waals surface area contributed by atoms with Gasteiger partial charge in [0, 0.05) is 17.9 Å². The summed E-state index contributed by atoms with van der Waals surface area (Å²) in [7, 11) is 0. The van der Waals surface area contributed by atoms with Gasteiger partial charge in [-0.3, -0.25) is 9.59 Å². The van der Waals surface area contributed by atoms with Crippen LogP contribution < -0.4 is 0 Å². The van der Waals surface area contributed by atoms with Crippen LogP contribution in [0, 0.1) is 5.92 Å². The number of halogens is 1. The maximum absolute atomic E-state index is 12.0. The molecule has 0 saturated carbocycles. The Bertz CT molecular complexity index is 442. The van der Waals surface area contributed by atoms with Crippen molar-refractivity contribution in [1.82, 2.24) is 0 Å². The summed E-state index contributed by atoms with van der Waals surface area (Å²) in [6.45, 7) is 0.636. The van der Waals surface area contributed by atoms with Crippen molar-refractivity contribution in [2.24, 2.45) is 5.92 Å². The number of ketones is 2. The van der Waals surface area contributed by atoms with Crippen LogP contribution in [0.2, 0.25) is 5.02 Å². The molecule has 3 nitrogen and oxygen atoms in total. The fourth-order valence-electron chi connectivity index (χ4n) is 1.87. The van der Waals surface area contributed by atoms with Crippen molar-refractivity contribution in [2.75, 3.05) is 13.2 Å². The lowest BCUT2D eigenvalue weighted by Crippen LogP contribution is -2.34. The third-order valence-electron chi connectivity index (χ3n) is 2.88. The van der Waals surface area contributed by atoms with Crippen molar-refractivity contribution in [2.45, 2.75) is 12.8 Å². The van der Waals surface area contributed by atoms with Gasteiger partial charge < -0.3 is 4.74 Å². The van der Waals surface area contributed by atoms with E-state index in [-0.39, 0.29) is 24.6 Å². The van der Waals surface area contributed by atoms with Crippen LogP contribution in [0.25, 0.3) is 0 Å². The summed E-state index contributed by atoms with van der Waals surface area (Å²) >= 11 is 5.98. The molecule has 1 saturated heterocycles. The highest BCUT2D eigenvalue weighted by Crippen LogP contribution is 2.19. The second kappa shape index (κ2) is 5.43. The van der Waals surface area contributed by atoms with Crippen molar-refractivity contribution in [1.29, 1.82) is 0 Å². The van der Waals surface area contributed by atoms with Crippen LogP contribution in [0.3, 0.4) is 0 Å². The van der Waals surface area contributed by atoms with Crippen LogP contribution in [-0.2, 0) is 20.7 Å². The smallest absolute Gasteiger partial charge is 0.150 e. The molecule has 1 aromatic rings. The van der Waals surface area contributed by atoms with E-state index in [2.05, 4.69) is 0 Å². The molecule has 2 rings (SSSR count). The Morgan fingerprint density at radius 1 is 1.41 bits per heavy atom. The minimum atomic E-state index is -0.611. The van der Waals surface area contributed by atoms with Crippen molar-refractivity contribution in [3.05, 3.63) is 34.9 Å². The van der Waals surface area contributed by atoms with Gasteiger partial charge in [0.05, 0.1) is 19.1 Å². The number of ether oxygens (including phenoxy) is 1. The second-order valence-corrected chi connectivity index (χ2v) is 4.49. The van der Waals surface area contributed by atoms with Crippen LogP contribution >= 0.6 is 11.6 Å². The normalized spacial score (nSPS) is 20.3. The standard InChI is InChI=1S/C13H13ClO3/c14-11-4-2-1-3-9(11)7-13(16)10-8-17-6-5-12(10)15/h1-4,10H,5-8H2. The zero-order valence-electron chi connectivity index (χ0n) is 9.32. The summed E-state index contributed by atoms with van der Waals surface area (Å²) in [4.78, 5) is 23.5. The molecule has 17 heavy (non-hydrogen) atoms. The molecule has 1 aliphatic rings. The molecular weight excluding hydrogens is 240 g/mol. The largest absolute Gasteiger partial charge is 0.380 e. The lowest BCUT2D eigenvalue weighted by Gasteiger charge is -2.19. The van der Waals surface area contributed by atoms with E-state index in [4.69, 9.17) is 16.3 Å². The minimum Gasteiger partial charge on any atom is -0.380 e. The van der Waals surface area contributed by atoms with Gasteiger partial charge in [0.15, 0.2) is 0 Å². The maximum atomic E-state index is 12.0. The number of benzene rings is 1. The van der Waals surface area contributed by atoms with Gasteiger partial charge >= 0.3 is 0 Å². The Kier molecular flexibility index (Phi) is 3.92. The van der Waals surface area contributed by atoms with E-state index in [1.807, 2.05) is 12.1 Å². The summed E-state index contributed by atoms with van der Waals surface area (Å²) in [6.07, 6.45) is 0.526. The van der Waals surface area contributed by atoms with Crippen LogP contribution in [0.5, 0.6) is 0 Å². The van der Waals surface area contributed by atoms with Gasteiger partial charge in [0.1, 0.15) is 11.6 Å². The van der Waals surface area contributed by atoms with Crippen molar-refractivity contribution >= 4 is 23.2 Å². The molecule has 0 N–H and O–H groups in total. The van der Waals surface area contributed by atoms with Crippen molar-refractivity contribution < 1.29 is 14.3 Å². The van der Waals surface area contributed by atoms with E-state index < -0.39 is 5.92 Å². The van der Waals surface area contributed by atoms with Crippen LogP contribution in [-0.4, -0.2) is 24.8 Å². The third-order valence-corrected chi connectivity index (χ3v) is 3.25. The molecule has 1 aromatic carbocycles. The number of Topliss-reactive ketones (excluding diaryl/α,β-unsaturated/α-hetero) is 2. The summed E-state index contributed by atoms with van der Waals surface area (Å²) in [5.74, 6) is -0.740. The SMILES string of the molecule is O=C1CCOCC1C(=O)Cc1ccccc1Cl. The first-order valence-corrected chi connectivity index (χ1v) is 5.93. The molecule has 0 aliphatic carbocycles. The van der Waals surface area contributed by atoms with E-state index in [0.29, 0.717) is 18.1 Å². The Balaban J connectivity index is 2.06. The highest BCUT2D eigenvalue weighted by molar-refractivity contribution is 6.31. The quantitative estimate of drug-likeness (QED) is 0.774. The molecule has 0 amide bonds. The summed E-state index contributed by atoms with van der Waals surface area (Å²) in [6, 6.07) is 7.18. The molecule has 1 heterocycles. The first-order chi connectivity index (χ1) is 8.18. The lowest BCUT2D eigenvalue weighted by molar-refractivity contribution is -0.139. The van der Waals surface area contributed by atoms with Gasteiger partial charge in [-0.25, -0.2) is 0 Å². The maximum Gasteiger partial charge on any atom is 0.150 e. The Hall–Kier alpha value is -1.19. The Morgan fingerprint density at radius 3 is 2.88 bits per heavy atom. The molecule has 4 heteroatoms. The van der Waals surface area contributed by atoms with E-state index in [0.717, 1.165) is 5.56 Å². The van der Waals surface area contributed by atoms with Crippen molar-refractivity contribution in [3.8, 4) is 0 Å². The molecular formula is C13H13ClO3. The highest BCUT2D eigenvalue weighted by atomic mass is 35.5. The molecule has 90 valence electrons. The Labute approximate surface area is 105 Å². The topological polar surface area (TPSA) is 43.4 Å². The van der Waals surface area contributed by atoms with Crippen molar-refractivity contribution in [3.63, 3.8) is 0 Å². The second-order valence-electron chi connectivity index (χ2n) is 4.08. The summed E-state index contributed by atoms with van der Waals surface area (Å²) in [5, 5.41) is 0.560. The van der Waals surface area contributed by atoms with Gasteiger partial charge in [-0.1, -0.05) is 29.8 Å². The van der Waals surface area contributed by atoms with Crippen LogP contribution in [0.15, 0.2) is 24.3 Å². The van der Waals surface area contributed by atoms with Gasteiger partial charge in [0.2, 0.25) is 0 Å². The van der Waals surface area contributed by atoms with E-state index in [9.17, 15) is 9.59 Å². The number of carbonyl (C=O) groups excluding carboxylic acids is 2. The number of hydrogen-bond donors (Lipinski definition) is 0. The number of rotatable bonds is 3. The molecule has 1 unspecified atom stereocenters. The van der Waals surface area contributed by atoms with Gasteiger partial charge in [0.25, 0.3) is 0 Å². The van der Waals surface area contributed by atoms with E-state index in [1.165, 1.54) is 0 Å². The highest BCUT2D eigenvalue weighted by Gasteiger charge is 2.29. The molecule has 0 radical (unpaired) electrons. The predicted octanol–water partition coefficient (Wildman–Crippen LogP) is 2.06. The molecule has 0 spiro atoms. The fourth-order valence-corrected chi connectivity index (χ4v) is 2.07.